The lowest BCUT2D eigenvalue weighted by molar-refractivity contribution is -0.361. The van der Waals surface area contributed by atoms with Gasteiger partial charge in [0.1, 0.15) is 66.7 Å². The lowest BCUT2D eigenvalue weighted by Crippen LogP contribution is -2.64. The molecule has 2 aromatic rings. The van der Waals surface area contributed by atoms with Crippen LogP contribution in [-0.4, -0.2) is 141 Å². The first-order valence-corrected chi connectivity index (χ1v) is 14.7. The van der Waals surface area contributed by atoms with Crippen LogP contribution in [-0.2, 0) is 33.3 Å². The fourth-order valence-corrected chi connectivity index (χ4v) is 5.45. The van der Waals surface area contributed by atoms with Gasteiger partial charge in [0.25, 0.3) is 11.9 Å². The summed E-state index contributed by atoms with van der Waals surface area (Å²) in [6.07, 6.45) is -18.3. The fourth-order valence-electron chi connectivity index (χ4n) is 5.45. The molecule has 2 fully saturated rings. The molecule has 11 unspecified atom stereocenters. The number of carboxylic acids is 1. The van der Waals surface area contributed by atoms with Crippen molar-refractivity contribution >= 4 is 18.0 Å². The van der Waals surface area contributed by atoms with Crippen LogP contribution in [0.15, 0.2) is 30.0 Å². The monoisotopic (exact) mass is 699 g/mol. The molecule has 49 heavy (non-hydrogen) atoms. The molecule has 19 nitrogen and oxygen atoms in total. The Bertz CT molecular complexity index is 1570. The van der Waals surface area contributed by atoms with E-state index in [0.717, 1.165) is 18.2 Å². The minimum absolute atomic E-state index is 0.00116. The van der Waals surface area contributed by atoms with E-state index in [1.54, 1.807) is 0 Å². The number of aliphatic hydroxyl groups excluding tert-OH is 5. The van der Waals surface area contributed by atoms with E-state index < -0.39 is 115 Å². The van der Waals surface area contributed by atoms with Crippen molar-refractivity contribution in [3.63, 3.8) is 0 Å². The number of fused-ring (bicyclic) bond motifs is 1. The van der Waals surface area contributed by atoms with Gasteiger partial charge in [-0.2, -0.15) is 0 Å². The molecule has 0 radical (unpaired) electrons. The summed E-state index contributed by atoms with van der Waals surface area (Å²) < 4.78 is 32.5. The number of phenolic OH excluding ortho intramolecular Hbond substituents is 5. The summed E-state index contributed by atoms with van der Waals surface area (Å²) in [7, 11) is 0. The normalized spacial score (nSPS) is 32.7. The van der Waals surface area contributed by atoms with Gasteiger partial charge in [0.2, 0.25) is 6.29 Å². The van der Waals surface area contributed by atoms with Crippen LogP contribution in [0.2, 0.25) is 0 Å². The number of ether oxygens (including phenoxy) is 6. The number of rotatable bonds is 9. The van der Waals surface area contributed by atoms with Crippen LogP contribution in [0.1, 0.15) is 30.6 Å². The predicted molar refractivity (Wildman–Crippen MR) is 156 cm³/mol. The van der Waals surface area contributed by atoms with Crippen LogP contribution in [0.25, 0.3) is 6.08 Å². The average Bonchev–Trinajstić information content (AvgIpc) is 3.03. The molecule has 3 heterocycles. The zero-order valence-electron chi connectivity index (χ0n) is 25.4. The van der Waals surface area contributed by atoms with E-state index in [-0.39, 0.29) is 28.4 Å². The van der Waals surface area contributed by atoms with Crippen LogP contribution in [0.4, 0.5) is 0 Å². The highest BCUT2D eigenvalue weighted by molar-refractivity contribution is 5.90. The summed E-state index contributed by atoms with van der Waals surface area (Å²) in [4.78, 5) is 22.8. The van der Waals surface area contributed by atoms with E-state index in [2.05, 4.69) is 4.74 Å². The molecule has 0 aromatic heterocycles. The highest BCUT2D eigenvalue weighted by atomic mass is 16.8. The number of aliphatic carboxylic acids is 1. The molecule has 0 saturated carbocycles. The first-order chi connectivity index (χ1) is 23.0. The van der Waals surface area contributed by atoms with Gasteiger partial charge in [-0.25, -0.2) is 0 Å². The maximum absolute atomic E-state index is 11.9. The Hall–Kier alpha value is -4.60. The Morgan fingerprint density at radius 1 is 0.816 bits per heavy atom. The summed E-state index contributed by atoms with van der Waals surface area (Å²) in [6.45, 7) is 0.564. The van der Waals surface area contributed by atoms with Crippen molar-refractivity contribution < 1.29 is 94.2 Å². The van der Waals surface area contributed by atoms with Crippen LogP contribution in [0.3, 0.4) is 0 Å². The largest absolute Gasteiger partial charge is 0.571 e. The highest BCUT2D eigenvalue weighted by Gasteiger charge is 2.52. The molecule has 2 saturated heterocycles. The van der Waals surface area contributed by atoms with Crippen LogP contribution in [0.5, 0.6) is 34.5 Å². The lowest BCUT2D eigenvalue weighted by atomic mass is 9.97. The molecule has 0 bridgehead atoms. The number of aromatic hydroxyl groups is 6. The Balaban J connectivity index is 1.53. The number of carboxylic acid groups (broad SMARTS) is 1. The number of carbonyl (C=O) groups excluding carboxylic acids is 1. The second kappa shape index (κ2) is 14.1. The number of benzene rings is 2. The van der Waals surface area contributed by atoms with E-state index in [9.17, 15) is 60.7 Å². The molecule has 19 heteroatoms. The summed E-state index contributed by atoms with van der Waals surface area (Å²) in [6, 6.07) is 4.22. The van der Waals surface area contributed by atoms with Gasteiger partial charge in [-0.05, 0) is 19.1 Å². The van der Waals surface area contributed by atoms with Crippen molar-refractivity contribution in [2.75, 3.05) is 6.61 Å². The summed E-state index contributed by atoms with van der Waals surface area (Å²) in [5, 5.41) is 113. The highest BCUT2D eigenvalue weighted by Crippen LogP contribution is 2.48. The third-order valence-electron chi connectivity index (χ3n) is 8.05. The third kappa shape index (κ3) is 7.38. The molecule has 268 valence electrons. The number of esters is 1. The van der Waals surface area contributed by atoms with Crippen LogP contribution >= 0.6 is 0 Å². The molecule has 12 N–H and O–H groups in total. The van der Waals surface area contributed by atoms with Crippen molar-refractivity contribution in [1.82, 2.24) is 0 Å². The first-order valence-electron chi connectivity index (χ1n) is 14.7. The number of aliphatic hydroxyl groups is 6. The molecule has 0 spiro atoms. The van der Waals surface area contributed by atoms with Crippen molar-refractivity contribution in [2.24, 2.45) is 0 Å². The topological polar surface area (TPSA) is 316 Å². The third-order valence-corrected chi connectivity index (χ3v) is 8.05. The van der Waals surface area contributed by atoms with E-state index >= 15 is 0 Å². The maximum atomic E-state index is 11.9. The lowest BCUT2D eigenvalue weighted by Gasteiger charge is -2.46. The number of phenols is 5. The van der Waals surface area contributed by atoms with Crippen LogP contribution in [0, 0.1) is 0 Å². The van der Waals surface area contributed by atoms with E-state index in [1.807, 2.05) is 0 Å². The minimum Gasteiger partial charge on any atom is -0.571 e. The van der Waals surface area contributed by atoms with Gasteiger partial charge in [-0.3, -0.25) is 9.59 Å². The SMILES string of the molecule is CC1OC(OC2C(OC3=Cc4c(O)cc(O)cc4[OH+]C3c3cc(O)c(O)c(O)c3)OC(COC(=O)CC(=O)O)C(O)C2O)C(O)C(O)C1O. The van der Waals surface area contributed by atoms with Gasteiger partial charge in [0.05, 0.1) is 17.7 Å². The Labute approximate surface area is 275 Å². The Morgan fingerprint density at radius 2 is 1.49 bits per heavy atom. The molecule has 0 amide bonds. The van der Waals surface area contributed by atoms with E-state index in [4.69, 9.17) is 28.8 Å². The second-order valence-electron chi connectivity index (χ2n) is 11.6. The van der Waals surface area contributed by atoms with Gasteiger partial charge in [0.15, 0.2) is 35.4 Å². The van der Waals surface area contributed by atoms with Crippen molar-refractivity contribution in [3.05, 3.63) is 41.2 Å². The van der Waals surface area contributed by atoms with Crippen molar-refractivity contribution in [3.8, 4) is 34.5 Å². The molecular formula is C30H35O19+. The van der Waals surface area contributed by atoms with Gasteiger partial charge in [-0.1, -0.05) is 0 Å². The summed E-state index contributed by atoms with van der Waals surface area (Å²) in [5.41, 5.74) is -0.0150. The Kier molecular flexibility index (Phi) is 10.3. The molecule has 0 aliphatic carbocycles. The predicted octanol–water partition coefficient (Wildman–Crippen LogP) is -1.75. The number of hydrogen-bond acceptors (Lipinski definition) is 17. The maximum Gasteiger partial charge on any atom is 0.317 e. The van der Waals surface area contributed by atoms with Crippen LogP contribution < -0.4 is 0 Å². The molecule has 11 atom stereocenters. The molecular weight excluding hydrogens is 664 g/mol. The van der Waals surface area contributed by atoms with Crippen molar-refractivity contribution in [2.45, 2.75) is 80.9 Å². The minimum atomic E-state index is -1.99. The van der Waals surface area contributed by atoms with Gasteiger partial charge in [0, 0.05) is 12.1 Å². The summed E-state index contributed by atoms with van der Waals surface area (Å²) in [5.74, 6) is -6.16. The standard InChI is InChI=1S/C30H34O19/c1-9-21(38)24(41)26(43)29(45-9)49-28-25(42)23(40)18(8-44-20(37)7-19(35)36)48-30(28)47-17-6-12-13(32)4-11(31)5-16(12)46-27(17)10-2-14(33)22(39)15(34)3-10/h2-6,9,18,21,23-34,38-43H,7-8H2,1H3,(H,35,36)/p+1. The van der Waals surface area contributed by atoms with E-state index in [0.29, 0.717) is 0 Å². The molecule has 5 rings (SSSR count). The second-order valence-corrected chi connectivity index (χ2v) is 11.6. The molecule has 2 aromatic carbocycles. The fraction of sp³-hybridized carbons (Fsp3) is 0.467. The first kappa shape index (κ1) is 35.7. The van der Waals surface area contributed by atoms with Crippen molar-refractivity contribution in [1.29, 1.82) is 0 Å². The Morgan fingerprint density at radius 3 is 2.14 bits per heavy atom. The zero-order valence-corrected chi connectivity index (χ0v) is 25.4. The molecule has 3 aliphatic heterocycles. The average molecular weight is 700 g/mol. The molecule has 3 aliphatic rings. The van der Waals surface area contributed by atoms with Gasteiger partial charge >= 0.3 is 11.9 Å². The van der Waals surface area contributed by atoms with Gasteiger partial charge in [-0.15, -0.1) is 0 Å². The number of hydrogen-bond donors (Lipinski definition) is 11. The quantitative estimate of drug-likeness (QED) is 0.0598. The van der Waals surface area contributed by atoms with E-state index in [1.165, 1.54) is 19.1 Å². The zero-order chi connectivity index (χ0) is 35.9. The summed E-state index contributed by atoms with van der Waals surface area (Å²) >= 11 is 0. The van der Waals surface area contributed by atoms with Gasteiger partial charge < -0.3 is 84.6 Å². The smallest absolute Gasteiger partial charge is 0.317 e. The number of carbonyl (C=O) groups is 2.